The molecule has 0 spiro atoms. The highest BCUT2D eigenvalue weighted by Crippen LogP contribution is 2.40. The monoisotopic (exact) mass is 513 g/mol. The number of H-pyrrole nitrogens is 1. The number of nitrogens with one attached hydrogen (secondary N) is 1. The SMILES string of the molecule is C=CC(=O)N1CCN(c2nc(OC)nc3c(Oc4c(C)c(Cl)cc5[nH]ncc45)nc(Cl)cc23)CC1. The van der Waals surface area contributed by atoms with Crippen LogP contribution < -0.4 is 14.4 Å². The first kappa shape index (κ1) is 23.1. The van der Waals surface area contributed by atoms with Gasteiger partial charge in [-0.15, -0.1) is 0 Å². The molecule has 35 heavy (non-hydrogen) atoms. The standard InChI is InChI=1S/C23H21Cl2N7O3/c1-4-18(33)31-5-7-32(8-6-31)21-13-9-17(25)27-22(19(13)28-23(29-21)34-3)35-20-12(2)15(24)10-16-14(20)11-26-30-16/h4,9-11H,1,5-8H2,2-3H3,(H,26,30). The number of nitrogens with zero attached hydrogens (tertiary/aromatic N) is 6. The topological polar surface area (TPSA) is 109 Å². The highest BCUT2D eigenvalue weighted by molar-refractivity contribution is 6.32. The maximum absolute atomic E-state index is 12.0. The molecule has 0 atom stereocenters. The lowest BCUT2D eigenvalue weighted by Gasteiger charge is -2.35. The van der Waals surface area contributed by atoms with Crippen LogP contribution in [0.25, 0.3) is 21.8 Å². The normalized spacial score (nSPS) is 13.9. The molecule has 1 fully saturated rings. The number of rotatable bonds is 5. The fourth-order valence-electron chi connectivity index (χ4n) is 4.07. The molecule has 3 aromatic heterocycles. The zero-order chi connectivity index (χ0) is 24.7. The lowest BCUT2D eigenvalue weighted by Crippen LogP contribution is -2.48. The molecule has 1 aliphatic heterocycles. The highest BCUT2D eigenvalue weighted by Gasteiger charge is 2.25. The smallest absolute Gasteiger partial charge is 0.318 e. The maximum atomic E-state index is 12.0. The number of methoxy groups -OCH3 is 1. The van der Waals surface area contributed by atoms with E-state index in [-0.39, 0.29) is 23.0 Å². The van der Waals surface area contributed by atoms with Crippen molar-refractivity contribution in [2.24, 2.45) is 0 Å². The number of halogens is 2. The molecule has 180 valence electrons. The van der Waals surface area contributed by atoms with Gasteiger partial charge >= 0.3 is 6.01 Å². The van der Waals surface area contributed by atoms with Gasteiger partial charge in [-0.25, -0.2) is 0 Å². The zero-order valence-electron chi connectivity index (χ0n) is 19.0. The molecule has 1 aromatic carbocycles. The molecule has 0 saturated carbocycles. The number of anilines is 1. The molecule has 1 amide bonds. The Hall–Kier alpha value is -3.63. The van der Waals surface area contributed by atoms with Crippen LogP contribution in [0.4, 0.5) is 5.82 Å². The van der Waals surface area contributed by atoms with E-state index in [1.807, 2.05) is 6.92 Å². The molecule has 0 aliphatic carbocycles. The highest BCUT2D eigenvalue weighted by atomic mass is 35.5. The third-order valence-corrected chi connectivity index (χ3v) is 6.50. The summed E-state index contributed by atoms with van der Waals surface area (Å²) in [7, 11) is 1.49. The average molecular weight is 514 g/mol. The van der Waals surface area contributed by atoms with E-state index in [0.717, 1.165) is 16.5 Å². The number of benzene rings is 1. The van der Waals surface area contributed by atoms with Gasteiger partial charge < -0.3 is 19.3 Å². The van der Waals surface area contributed by atoms with Crippen molar-refractivity contribution >= 4 is 56.7 Å². The summed E-state index contributed by atoms with van der Waals surface area (Å²) in [5.74, 6) is 1.19. The zero-order valence-corrected chi connectivity index (χ0v) is 20.5. The van der Waals surface area contributed by atoms with Gasteiger partial charge in [-0.2, -0.15) is 20.1 Å². The summed E-state index contributed by atoms with van der Waals surface area (Å²) in [4.78, 5) is 29.3. The Morgan fingerprint density at radius 1 is 1.14 bits per heavy atom. The van der Waals surface area contributed by atoms with Gasteiger partial charge in [0.15, 0.2) is 0 Å². The van der Waals surface area contributed by atoms with Crippen LogP contribution in [-0.2, 0) is 4.79 Å². The van der Waals surface area contributed by atoms with Gasteiger partial charge in [0.1, 0.15) is 22.2 Å². The van der Waals surface area contributed by atoms with Gasteiger partial charge in [0.25, 0.3) is 0 Å². The first-order valence-corrected chi connectivity index (χ1v) is 11.5. The minimum Gasteiger partial charge on any atom is -0.467 e. The summed E-state index contributed by atoms with van der Waals surface area (Å²) in [5.41, 5.74) is 1.87. The molecule has 12 heteroatoms. The summed E-state index contributed by atoms with van der Waals surface area (Å²) in [6.45, 7) is 7.60. The van der Waals surface area contributed by atoms with Crippen LogP contribution in [0, 0.1) is 6.92 Å². The van der Waals surface area contributed by atoms with E-state index >= 15 is 0 Å². The van der Waals surface area contributed by atoms with Crippen LogP contribution in [0.3, 0.4) is 0 Å². The van der Waals surface area contributed by atoms with E-state index in [4.69, 9.17) is 32.7 Å². The molecule has 4 heterocycles. The molecule has 1 aliphatic rings. The Morgan fingerprint density at radius 3 is 2.63 bits per heavy atom. The summed E-state index contributed by atoms with van der Waals surface area (Å²) >= 11 is 12.8. The van der Waals surface area contributed by atoms with Crippen molar-refractivity contribution in [3.05, 3.63) is 46.7 Å². The number of ether oxygens (including phenoxy) is 2. The van der Waals surface area contributed by atoms with Crippen LogP contribution in [-0.4, -0.2) is 69.2 Å². The van der Waals surface area contributed by atoms with Crippen LogP contribution in [0.1, 0.15) is 5.56 Å². The van der Waals surface area contributed by atoms with Crippen LogP contribution in [0.2, 0.25) is 10.2 Å². The quantitative estimate of drug-likeness (QED) is 0.313. The lowest BCUT2D eigenvalue weighted by molar-refractivity contribution is -0.126. The number of hydrogen-bond donors (Lipinski definition) is 1. The van der Waals surface area contributed by atoms with Crippen molar-refractivity contribution in [2.45, 2.75) is 6.92 Å². The first-order chi connectivity index (χ1) is 16.9. The maximum Gasteiger partial charge on any atom is 0.318 e. The second-order valence-corrected chi connectivity index (χ2v) is 8.74. The number of aromatic amines is 1. The van der Waals surface area contributed by atoms with Gasteiger partial charge in [0, 0.05) is 36.8 Å². The fourth-order valence-corrected chi connectivity index (χ4v) is 4.45. The van der Waals surface area contributed by atoms with Crippen molar-refractivity contribution in [2.75, 3.05) is 38.2 Å². The molecule has 4 aromatic rings. The third kappa shape index (κ3) is 4.19. The molecule has 1 N–H and O–H groups in total. The average Bonchev–Trinajstić information content (AvgIpc) is 3.33. The molecule has 10 nitrogen and oxygen atoms in total. The van der Waals surface area contributed by atoms with E-state index in [2.05, 4.69) is 36.6 Å². The van der Waals surface area contributed by atoms with E-state index in [1.54, 1.807) is 23.2 Å². The Bertz CT molecular complexity index is 1470. The molecular weight excluding hydrogens is 493 g/mol. The van der Waals surface area contributed by atoms with Crippen LogP contribution in [0.5, 0.6) is 17.6 Å². The van der Waals surface area contributed by atoms with Crippen molar-refractivity contribution < 1.29 is 14.3 Å². The van der Waals surface area contributed by atoms with Gasteiger partial charge in [-0.3, -0.25) is 9.89 Å². The van der Waals surface area contributed by atoms with E-state index in [1.165, 1.54) is 13.2 Å². The van der Waals surface area contributed by atoms with Gasteiger partial charge in [-0.1, -0.05) is 29.8 Å². The summed E-state index contributed by atoms with van der Waals surface area (Å²) in [5, 5.41) is 9.12. The van der Waals surface area contributed by atoms with E-state index in [0.29, 0.717) is 53.7 Å². The van der Waals surface area contributed by atoms with Crippen molar-refractivity contribution in [3.63, 3.8) is 0 Å². The largest absolute Gasteiger partial charge is 0.467 e. The minimum atomic E-state index is -0.0971. The number of fused-ring (bicyclic) bond motifs is 2. The van der Waals surface area contributed by atoms with E-state index < -0.39 is 0 Å². The number of hydrogen-bond acceptors (Lipinski definition) is 8. The third-order valence-electron chi connectivity index (χ3n) is 5.91. The molecule has 5 rings (SSSR count). The predicted octanol–water partition coefficient (Wildman–Crippen LogP) is 4.15. The molecule has 0 radical (unpaired) electrons. The van der Waals surface area contributed by atoms with Crippen molar-refractivity contribution in [3.8, 4) is 17.6 Å². The number of carbonyl (C=O) groups is 1. The lowest BCUT2D eigenvalue weighted by atomic mass is 10.1. The molecule has 1 saturated heterocycles. The Labute approximate surface area is 210 Å². The number of carbonyl (C=O) groups excluding carboxylic acids is 1. The van der Waals surface area contributed by atoms with Crippen molar-refractivity contribution in [1.82, 2.24) is 30.0 Å². The van der Waals surface area contributed by atoms with Gasteiger partial charge in [0.05, 0.1) is 29.6 Å². The summed E-state index contributed by atoms with van der Waals surface area (Å²) in [6, 6.07) is 3.63. The van der Waals surface area contributed by atoms with Crippen LogP contribution >= 0.6 is 23.2 Å². The Kier molecular flexibility index (Phi) is 6.08. The van der Waals surface area contributed by atoms with Gasteiger partial charge in [0.2, 0.25) is 11.8 Å². The number of aromatic nitrogens is 5. The number of piperazine rings is 1. The Balaban J connectivity index is 1.61. The molecule has 0 unspecified atom stereocenters. The second-order valence-electron chi connectivity index (χ2n) is 7.94. The summed E-state index contributed by atoms with van der Waals surface area (Å²) in [6.07, 6.45) is 2.98. The predicted molar refractivity (Wildman–Crippen MR) is 134 cm³/mol. The Morgan fingerprint density at radius 2 is 1.91 bits per heavy atom. The minimum absolute atomic E-state index is 0.0971. The summed E-state index contributed by atoms with van der Waals surface area (Å²) < 4.78 is 11.7. The van der Waals surface area contributed by atoms with Crippen molar-refractivity contribution in [1.29, 1.82) is 0 Å². The number of pyridine rings is 1. The van der Waals surface area contributed by atoms with Crippen LogP contribution in [0.15, 0.2) is 31.0 Å². The first-order valence-electron chi connectivity index (χ1n) is 10.8. The second kappa shape index (κ2) is 9.20. The molecule has 0 bridgehead atoms. The van der Waals surface area contributed by atoms with Gasteiger partial charge in [-0.05, 0) is 25.1 Å². The van der Waals surface area contributed by atoms with E-state index in [9.17, 15) is 4.79 Å². The fraction of sp³-hybridized carbons (Fsp3) is 0.261. The molecular formula is C23H21Cl2N7O3. The number of amides is 1.